The number of aromatic nitrogens is 3. The van der Waals surface area contributed by atoms with Gasteiger partial charge >= 0.3 is 6.18 Å². The van der Waals surface area contributed by atoms with Gasteiger partial charge in [0.1, 0.15) is 0 Å². The molecule has 1 aliphatic heterocycles. The van der Waals surface area contributed by atoms with Crippen molar-refractivity contribution in [3.05, 3.63) is 30.2 Å². The summed E-state index contributed by atoms with van der Waals surface area (Å²) >= 11 is 0. The van der Waals surface area contributed by atoms with Gasteiger partial charge in [0.05, 0.1) is 12.1 Å². The smallest absolute Gasteiger partial charge is 0.370 e. The fourth-order valence-corrected chi connectivity index (χ4v) is 3.47. The lowest BCUT2D eigenvalue weighted by atomic mass is 9.89. The van der Waals surface area contributed by atoms with Crippen molar-refractivity contribution < 1.29 is 13.2 Å². The highest BCUT2D eigenvalue weighted by atomic mass is 19.4. The molecule has 3 N–H and O–H groups in total. The molecule has 9 heteroatoms. The second-order valence-corrected chi connectivity index (χ2v) is 7.51. The van der Waals surface area contributed by atoms with Crippen LogP contribution < -0.4 is 5.73 Å². The minimum absolute atomic E-state index is 0.231. The maximum absolute atomic E-state index is 11.9. The van der Waals surface area contributed by atoms with E-state index in [1.165, 1.54) is 19.3 Å². The lowest BCUT2D eigenvalue weighted by Gasteiger charge is -2.26. The molecule has 0 atom stereocenters. The van der Waals surface area contributed by atoms with Crippen LogP contribution in [0, 0.1) is 18.3 Å². The second kappa shape index (κ2) is 11.0. The van der Waals surface area contributed by atoms with Crippen molar-refractivity contribution in [1.82, 2.24) is 19.5 Å². The molecule has 1 saturated heterocycles. The van der Waals surface area contributed by atoms with E-state index < -0.39 is 12.1 Å². The normalized spacial score (nSPS) is 17.7. The third-order valence-corrected chi connectivity index (χ3v) is 5.16. The largest absolute Gasteiger partial charge is 0.391 e. The van der Waals surface area contributed by atoms with Gasteiger partial charge in [-0.3, -0.25) is 5.41 Å². The summed E-state index contributed by atoms with van der Waals surface area (Å²) in [6.45, 7) is 3.93. The number of halogens is 3. The SMILES string of the molecule is Cc1ccn2nccc2n1.FC(F)(F)C1CCCCC1.N=C(N)N1CCCCC1. The molecule has 0 amide bonds. The molecule has 29 heavy (non-hydrogen) atoms. The van der Waals surface area contributed by atoms with Crippen molar-refractivity contribution in [2.24, 2.45) is 11.7 Å². The first-order valence-electron chi connectivity index (χ1n) is 10.2. The molecule has 2 fully saturated rings. The molecule has 1 aliphatic carbocycles. The molecule has 1 saturated carbocycles. The van der Waals surface area contributed by atoms with E-state index in [9.17, 15) is 13.2 Å². The fourth-order valence-electron chi connectivity index (χ4n) is 3.47. The summed E-state index contributed by atoms with van der Waals surface area (Å²) < 4.78 is 37.6. The van der Waals surface area contributed by atoms with Crippen LogP contribution in [0.3, 0.4) is 0 Å². The summed E-state index contributed by atoms with van der Waals surface area (Å²) in [5.74, 6) is -0.768. The van der Waals surface area contributed by atoms with Gasteiger partial charge in [-0.1, -0.05) is 19.3 Å². The maximum Gasteiger partial charge on any atom is 0.391 e. The van der Waals surface area contributed by atoms with Gasteiger partial charge in [0.2, 0.25) is 0 Å². The number of rotatable bonds is 0. The van der Waals surface area contributed by atoms with Gasteiger partial charge in [-0.05, 0) is 45.1 Å². The molecule has 2 aliphatic rings. The van der Waals surface area contributed by atoms with E-state index in [0.29, 0.717) is 12.8 Å². The Morgan fingerprint density at radius 2 is 1.69 bits per heavy atom. The van der Waals surface area contributed by atoms with Crippen LogP contribution in [0.2, 0.25) is 0 Å². The monoisotopic (exact) mass is 412 g/mol. The Kier molecular flexibility index (Phi) is 8.72. The van der Waals surface area contributed by atoms with Gasteiger partial charge in [-0.15, -0.1) is 0 Å². The Bertz CT molecular complexity index is 746. The zero-order valence-corrected chi connectivity index (χ0v) is 17.0. The predicted octanol–water partition coefficient (Wildman–Crippen LogP) is 4.53. The first kappa shape index (κ1) is 23.0. The Morgan fingerprint density at radius 1 is 1.07 bits per heavy atom. The van der Waals surface area contributed by atoms with Gasteiger partial charge in [0.25, 0.3) is 0 Å². The zero-order valence-electron chi connectivity index (χ0n) is 17.0. The topological polar surface area (TPSA) is 83.3 Å². The van der Waals surface area contributed by atoms with Crippen molar-refractivity contribution in [1.29, 1.82) is 5.41 Å². The molecule has 0 spiro atoms. The van der Waals surface area contributed by atoms with Crippen molar-refractivity contribution in [2.75, 3.05) is 13.1 Å². The van der Waals surface area contributed by atoms with E-state index >= 15 is 0 Å². The first-order valence-corrected chi connectivity index (χ1v) is 10.2. The molecule has 6 nitrogen and oxygen atoms in total. The van der Waals surface area contributed by atoms with Crippen LogP contribution in [0.1, 0.15) is 57.1 Å². The van der Waals surface area contributed by atoms with Gasteiger partial charge in [-0.2, -0.15) is 18.3 Å². The summed E-state index contributed by atoms with van der Waals surface area (Å²) in [7, 11) is 0. The van der Waals surface area contributed by atoms with Crippen LogP contribution in [0.15, 0.2) is 24.5 Å². The highest BCUT2D eigenvalue weighted by molar-refractivity contribution is 5.74. The number of alkyl halides is 3. The molecule has 0 aromatic carbocycles. The predicted molar refractivity (Wildman–Crippen MR) is 108 cm³/mol. The Morgan fingerprint density at radius 3 is 2.21 bits per heavy atom. The molecule has 162 valence electrons. The van der Waals surface area contributed by atoms with E-state index in [-0.39, 0.29) is 5.96 Å². The third-order valence-electron chi connectivity index (χ3n) is 5.16. The average molecular weight is 413 g/mol. The van der Waals surface area contributed by atoms with E-state index in [4.69, 9.17) is 11.1 Å². The van der Waals surface area contributed by atoms with Crippen LogP contribution in [0.4, 0.5) is 13.2 Å². The molecular weight excluding hydrogens is 381 g/mol. The number of fused-ring (bicyclic) bond motifs is 1. The molecule has 0 radical (unpaired) electrons. The highest BCUT2D eigenvalue weighted by Crippen LogP contribution is 2.37. The van der Waals surface area contributed by atoms with Crippen molar-refractivity contribution in [3.63, 3.8) is 0 Å². The number of guanidine groups is 1. The van der Waals surface area contributed by atoms with Crippen LogP contribution in [0.25, 0.3) is 5.65 Å². The number of hydrogen-bond donors (Lipinski definition) is 2. The second-order valence-electron chi connectivity index (χ2n) is 7.51. The number of nitrogens with zero attached hydrogens (tertiary/aromatic N) is 4. The summed E-state index contributed by atoms with van der Waals surface area (Å²) in [6.07, 6.45) is 6.58. The highest BCUT2D eigenvalue weighted by Gasteiger charge is 2.39. The quantitative estimate of drug-likeness (QED) is 0.492. The summed E-state index contributed by atoms with van der Waals surface area (Å²) in [5, 5.41) is 11.1. The van der Waals surface area contributed by atoms with Gasteiger partial charge < -0.3 is 10.6 Å². The summed E-state index contributed by atoms with van der Waals surface area (Å²) in [4.78, 5) is 6.16. The minimum Gasteiger partial charge on any atom is -0.370 e. The Labute approximate surface area is 169 Å². The first-order chi connectivity index (χ1) is 13.8. The molecule has 2 aromatic rings. The van der Waals surface area contributed by atoms with Crippen LogP contribution in [-0.4, -0.2) is 44.7 Å². The van der Waals surface area contributed by atoms with E-state index in [1.807, 2.05) is 30.2 Å². The molecule has 4 rings (SSSR count). The maximum atomic E-state index is 11.9. The number of likely N-dealkylation sites (tertiary alicyclic amines) is 1. The van der Waals surface area contributed by atoms with Gasteiger partial charge in [0.15, 0.2) is 11.6 Å². The number of nitrogens with one attached hydrogen (secondary N) is 1. The fraction of sp³-hybridized carbons (Fsp3) is 0.650. The Hall–Kier alpha value is -2.32. The van der Waals surface area contributed by atoms with Gasteiger partial charge in [0, 0.05) is 31.0 Å². The Balaban J connectivity index is 0.000000156. The molecule has 2 aromatic heterocycles. The number of nitrogens with two attached hydrogens (primary N) is 1. The van der Waals surface area contributed by atoms with E-state index in [1.54, 1.807) is 10.7 Å². The van der Waals surface area contributed by atoms with Crippen LogP contribution >= 0.6 is 0 Å². The van der Waals surface area contributed by atoms with Crippen molar-refractivity contribution in [2.45, 2.75) is 64.5 Å². The minimum atomic E-state index is -3.93. The van der Waals surface area contributed by atoms with Crippen molar-refractivity contribution >= 4 is 11.6 Å². The number of piperidine rings is 1. The third kappa shape index (κ3) is 7.91. The van der Waals surface area contributed by atoms with Crippen LogP contribution in [-0.2, 0) is 0 Å². The van der Waals surface area contributed by atoms with E-state index in [0.717, 1.165) is 43.7 Å². The number of aryl methyl sites for hydroxylation is 1. The zero-order chi connectivity index (χ0) is 21.3. The molecule has 0 unspecified atom stereocenters. The van der Waals surface area contributed by atoms with Crippen molar-refractivity contribution in [3.8, 4) is 0 Å². The lowest BCUT2D eigenvalue weighted by Crippen LogP contribution is -2.39. The van der Waals surface area contributed by atoms with Gasteiger partial charge in [-0.25, -0.2) is 9.50 Å². The molecular formula is C20H31F3N6. The molecule has 0 bridgehead atoms. The van der Waals surface area contributed by atoms with E-state index in [2.05, 4.69) is 10.1 Å². The molecule has 3 heterocycles. The lowest BCUT2D eigenvalue weighted by molar-refractivity contribution is -0.181. The standard InChI is InChI=1S/C7H11F3.C7H7N3.C6H13N3/c8-7(9,10)6-4-2-1-3-5-6;1-6-3-5-10-7(9-6)2-4-8-10;7-6(8)9-4-2-1-3-5-9/h6H,1-5H2;2-5H,1H3;1-5H2,(H3,7,8). The van der Waals surface area contributed by atoms with Crippen LogP contribution in [0.5, 0.6) is 0 Å². The summed E-state index contributed by atoms with van der Waals surface area (Å²) in [5.41, 5.74) is 7.20. The number of hydrogen-bond acceptors (Lipinski definition) is 3. The summed E-state index contributed by atoms with van der Waals surface area (Å²) in [6, 6.07) is 3.81. The average Bonchev–Trinajstić information content (AvgIpc) is 3.17.